The summed E-state index contributed by atoms with van der Waals surface area (Å²) < 4.78 is 0. The SMILES string of the molecule is C[C@H]([C@H]1C[C@]1(C)[C@H](C)C(C)(O)C(O)(O)O)[C@H]1CC[C@H]2[C@@H]3CCC4CCCC[C@]4(C)[C@H]3CC[C@]12C. The van der Waals surface area contributed by atoms with Crippen molar-refractivity contribution in [3.8, 4) is 0 Å². The Labute approximate surface area is 207 Å². The van der Waals surface area contributed by atoms with Crippen molar-refractivity contribution < 1.29 is 20.4 Å². The smallest absolute Gasteiger partial charge is 0.305 e. The fourth-order valence-electron chi connectivity index (χ4n) is 11.1. The molecule has 5 aliphatic rings. The van der Waals surface area contributed by atoms with E-state index in [1.54, 1.807) is 0 Å². The molecule has 196 valence electrons. The summed E-state index contributed by atoms with van der Waals surface area (Å²) in [6.07, 6.45) is 15.2. The molecule has 0 aromatic carbocycles. The first-order valence-corrected chi connectivity index (χ1v) is 14.6. The zero-order valence-electron chi connectivity index (χ0n) is 22.7. The quantitative estimate of drug-likeness (QED) is 0.383. The molecule has 0 radical (unpaired) electrons. The Morgan fingerprint density at radius 3 is 2.09 bits per heavy atom. The lowest BCUT2D eigenvalue weighted by Gasteiger charge is -2.61. The predicted molar refractivity (Wildman–Crippen MR) is 134 cm³/mol. The lowest BCUT2D eigenvalue weighted by molar-refractivity contribution is -0.400. The summed E-state index contributed by atoms with van der Waals surface area (Å²) in [4.78, 5) is 0. The van der Waals surface area contributed by atoms with E-state index in [1.165, 1.54) is 71.1 Å². The number of hydrogen-bond donors (Lipinski definition) is 4. The van der Waals surface area contributed by atoms with Crippen LogP contribution in [-0.2, 0) is 0 Å². The van der Waals surface area contributed by atoms with Gasteiger partial charge < -0.3 is 20.4 Å². The first-order valence-electron chi connectivity index (χ1n) is 14.6. The molecule has 0 aromatic rings. The number of fused-ring (bicyclic) bond motifs is 5. The fraction of sp³-hybridized carbons (Fsp3) is 1.00. The van der Waals surface area contributed by atoms with E-state index in [9.17, 15) is 20.4 Å². The minimum atomic E-state index is -3.08. The zero-order chi connectivity index (χ0) is 24.9. The Bertz CT molecular complexity index is 787. The van der Waals surface area contributed by atoms with Gasteiger partial charge in [-0.3, -0.25) is 0 Å². The second-order valence-corrected chi connectivity index (χ2v) is 14.8. The fourth-order valence-corrected chi connectivity index (χ4v) is 11.1. The van der Waals surface area contributed by atoms with Gasteiger partial charge in [-0.25, -0.2) is 0 Å². The van der Waals surface area contributed by atoms with Gasteiger partial charge >= 0.3 is 5.97 Å². The molecule has 5 aliphatic carbocycles. The molecular formula is C30H52O4. The van der Waals surface area contributed by atoms with Gasteiger partial charge in [0.25, 0.3) is 0 Å². The highest BCUT2D eigenvalue weighted by Crippen LogP contribution is 2.72. The Morgan fingerprint density at radius 2 is 1.41 bits per heavy atom. The molecule has 12 atom stereocenters. The van der Waals surface area contributed by atoms with Crippen LogP contribution in [0.3, 0.4) is 0 Å². The van der Waals surface area contributed by atoms with E-state index < -0.39 is 17.5 Å². The molecule has 4 N–H and O–H groups in total. The Kier molecular flexibility index (Phi) is 5.94. The predicted octanol–water partition coefficient (Wildman–Crippen LogP) is 5.72. The zero-order valence-corrected chi connectivity index (χ0v) is 22.7. The average Bonchev–Trinajstić information content (AvgIpc) is 3.32. The maximum Gasteiger partial charge on any atom is 0.305 e. The molecule has 4 nitrogen and oxygen atoms in total. The molecule has 5 rings (SSSR count). The van der Waals surface area contributed by atoms with Crippen molar-refractivity contribution in [1.29, 1.82) is 0 Å². The van der Waals surface area contributed by atoms with E-state index in [2.05, 4.69) is 27.7 Å². The van der Waals surface area contributed by atoms with Gasteiger partial charge in [0.1, 0.15) is 5.60 Å². The summed E-state index contributed by atoms with van der Waals surface area (Å²) >= 11 is 0. The highest BCUT2D eigenvalue weighted by molar-refractivity contribution is 5.14. The minimum Gasteiger partial charge on any atom is -0.381 e. The number of aliphatic hydroxyl groups is 4. The molecule has 4 heteroatoms. The van der Waals surface area contributed by atoms with Crippen molar-refractivity contribution in [2.24, 2.45) is 63.6 Å². The van der Waals surface area contributed by atoms with Crippen LogP contribution >= 0.6 is 0 Å². The van der Waals surface area contributed by atoms with Crippen LogP contribution in [-0.4, -0.2) is 32.0 Å². The van der Waals surface area contributed by atoms with E-state index in [1.807, 2.05) is 6.92 Å². The first-order chi connectivity index (χ1) is 15.7. The molecule has 0 saturated heterocycles. The van der Waals surface area contributed by atoms with Gasteiger partial charge in [0, 0.05) is 0 Å². The molecule has 5 saturated carbocycles. The monoisotopic (exact) mass is 476 g/mol. The molecule has 0 bridgehead atoms. The second kappa shape index (κ2) is 7.92. The molecule has 0 spiro atoms. The molecule has 2 unspecified atom stereocenters. The summed E-state index contributed by atoms with van der Waals surface area (Å²) in [7, 11) is 0. The van der Waals surface area contributed by atoms with Crippen molar-refractivity contribution in [3.05, 3.63) is 0 Å². The lowest BCUT2D eigenvalue weighted by Crippen LogP contribution is -2.58. The van der Waals surface area contributed by atoms with Crippen molar-refractivity contribution in [2.45, 2.75) is 124 Å². The van der Waals surface area contributed by atoms with E-state index in [0.29, 0.717) is 28.6 Å². The molecule has 34 heavy (non-hydrogen) atoms. The van der Waals surface area contributed by atoms with Gasteiger partial charge in [-0.1, -0.05) is 47.5 Å². The van der Waals surface area contributed by atoms with Crippen LogP contribution in [0, 0.1) is 63.6 Å². The third-order valence-corrected chi connectivity index (χ3v) is 13.8. The van der Waals surface area contributed by atoms with Gasteiger partial charge in [0.05, 0.1) is 0 Å². The van der Waals surface area contributed by atoms with Gasteiger partial charge in [-0.15, -0.1) is 0 Å². The van der Waals surface area contributed by atoms with Crippen LogP contribution in [0.15, 0.2) is 0 Å². The summed E-state index contributed by atoms with van der Waals surface area (Å²) in [5.74, 6) is 1.93. The number of rotatable bonds is 5. The van der Waals surface area contributed by atoms with Crippen LogP contribution < -0.4 is 0 Å². The standard InChI is InChI=1S/C30H52O4/c1-18(25-17-28(25,5)19(2)29(6,31)30(32,33)34)22-12-13-23-21-11-10-20-9-7-8-15-26(20,3)24(21)14-16-27(22,23)4/h18-25,31-34H,7-17H2,1-6H3/t18-,19-,20?,21-,22+,23-,24-,25+,26-,27+,28+,29?/m0/s1. The third-order valence-electron chi connectivity index (χ3n) is 13.8. The largest absolute Gasteiger partial charge is 0.381 e. The van der Waals surface area contributed by atoms with E-state index in [4.69, 9.17) is 0 Å². The van der Waals surface area contributed by atoms with Gasteiger partial charge in [0.2, 0.25) is 0 Å². The maximum atomic E-state index is 10.8. The molecule has 0 aliphatic heterocycles. The molecule has 5 fully saturated rings. The van der Waals surface area contributed by atoms with Crippen molar-refractivity contribution in [2.75, 3.05) is 0 Å². The number of hydrogen-bond acceptors (Lipinski definition) is 4. The van der Waals surface area contributed by atoms with E-state index in [-0.39, 0.29) is 5.41 Å². The Morgan fingerprint density at radius 1 is 0.735 bits per heavy atom. The normalized spacial score (nSPS) is 52.1. The van der Waals surface area contributed by atoms with Crippen LogP contribution in [0.4, 0.5) is 0 Å². The maximum absolute atomic E-state index is 10.8. The van der Waals surface area contributed by atoms with E-state index >= 15 is 0 Å². The van der Waals surface area contributed by atoms with Crippen molar-refractivity contribution in [1.82, 2.24) is 0 Å². The Balaban J connectivity index is 1.32. The average molecular weight is 477 g/mol. The summed E-state index contributed by atoms with van der Waals surface area (Å²) in [6.45, 7) is 13.1. The molecule has 0 amide bonds. The highest BCUT2D eigenvalue weighted by Gasteiger charge is 2.67. The third kappa shape index (κ3) is 3.44. The lowest BCUT2D eigenvalue weighted by atomic mass is 9.44. The molecule has 0 heterocycles. The molecule has 0 aromatic heterocycles. The Hall–Kier alpha value is -0.160. The highest BCUT2D eigenvalue weighted by atomic mass is 16.7. The van der Waals surface area contributed by atoms with Crippen LogP contribution in [0.1, 0.15) is 112 Å². The summed E-state index contributed by atoms with van der Waals surface area (Å²) in [6, 6.07) is 0. The van der Waals surface area contributed by atoms with E-state index in [0.717, 1.165) is 30.1 Å². The van der Waals surface area contributed by atoms with Gasteiger partial charge in [-0.05, 0) is 128 Å². The minimum absolute atomic E-state index is 0.179. The van der Waals surface area contributed by atoms with Crippen molar-refractivity contribution in [3.63, 3.8) is 0 Å². The first kappa shape index (κ1) is 25.5. The molecular weight excluding hydrogens is 424 g/mol. The van der Waals surface area contributed by atoms with Crippen LogP contribution in [0.25, 0.3) is 0 Å². The second-order valence-electron chi connectivity index (χ2n) is 14.8. The topological polar surface area (TPSA) is 80.9 Å². The van der Waals surface area contributed by atoms with Crippen molar-refractivity contribution >= 4 is 0 Å². The van der Waals surface area contributed by atoms with Crippen LogP contribution in [0.5, 0.6) is 0 Å². The van der Waals surface area contributed by atoms with Crippen LogP contribution in [0.2, 0.25) is 0 Å². The van der Waals surface area contributed by atoms with Gasteiger partial charge in [0.15, 0.2) is 0 Å². The summed E-state index contributed by atoms with van der Waals surface area (Å²) in [5.41, 5.74) is -1.12. The summed E-state index contributed by atoms with van der Waals surface area (Å²) in [5, 5.41) is 40.2. The van der Waals surface area contributed by atoms with Gasteiger partial charge in [-0.2, -0.15) is 0 Å².